The zero-order chi connectivity index (χ0) is 11.4. The van der Waals surface area contributed by atoms with Crippen LogP contribution in [-0.2, 0) is 6.42 Å². The summed E-state index contributed by atoms with van der Waals surface area (Å²) in [5.41, 5.74) is 5.42. The van der Waals surface area contributed by atoms with E-state index in [0.717, 1.165) is 0 Å². The standard InChI is InChI=1S/C8H10F3N3O/c1-15-7-4(2-5(9)6(10)11)3-13-8(12)14-7/h3,5-6H,2H2,1H3,(H2,12,13,14). The minimum atomic E-state index is -3.03. The Labute approximate surface area is 84.3 Å². The van der Waals surface area contributed by atoms with Crippen molar-refractivity contribution in [2.24, 2.45) is 0 Å². The van der Waals surface area contributed by atoms with Crippen LogP contribution >= 0.6 is 0 Å². The maximum absolute atomic E-state index is 12.7. The molecule has 0 aliphatic carbocycles. The lowest BCUT2D eigenvalue weighted by atomic mass is 10.1. The largest absolute Gasteiger partial charge is 0.481 e. The highest BCUT2D eigenvalue weighted by molar-refractivity contribution is 5.30. The van der Waals surface area contributed by atoms with Crippen molar-refractivity contribution in [3.8, 4) is 5.88 Å². The number of aromatic nitrogens is 2. The van der Waals surface area contributed by atoms with Crippen LogP contribution in [0.3, 0.4) is 0 Å². The van der Waals surface area contributed by atoms with Crippen molar-refractivity contribution in [2.75, 3.05) is 12.8 Å². The number of anilines is 1. The van der Waals surface area contributed by atoms with E-state index in [-0.39, 0.29) is 17.4 Å². The van der Waals surface area contributed by atoms with E-state index in [0.29, 0.717) is 0 Å². The zero-order valence-electron chi connectivity index (χ0n) is 7.95. The van der Waals surface area contributed by atoms with Crippen molar-refractivity contribution in [3.63, 3.8) is 0 Å². The monoisotopic (exact) mass is 221 g/mol. The van der Waals surface area contributed by atoms with Gasteiger partial charge in [-0.2, -0.15) is 4.98 Å². The van der Waals surface area contributed by atoms with Gasteiger partial charge in [-0.25, -0.2) is 18.2 Å². The Morgan fingerprint density at radius 2 is 2.13 bits per heavy atom. The van der Waals surface area contributed by atoms with Gasteiger partial charge < -0.3 is 10.5 Å². The second-order valence-corrected chi connectivity index (χ2v) is 2.82. The van der Waals surface area contributed by atoms with Crippen LogP contribution in [0.25, 0.3) is 0 Å². The molecule has 4 nitrogen and oxygen atoms in total. The summed E-state index contributed by atoms with van der Waals surface area (Å²) in [6, 6.07) is 0. The lowest BCUT2D eigenvalue weighted by molar-refractivity contribution is 0.0499. The second-order valence-electron chi connectivity index (χ2n) is 2.82. The number of ether oxygens (including phenoxy) is 1. The number of hydrogen-bond donors (Lipinski definition) is 1. The van der Waals surface area contributed by atoms with Gasteiger partial charge in [0.15, 0.2) is 6.17 Å². The van der Waals surface area contributed by atoms with Crippen molar-refractivity contribution in [1.82, 2.24) is 9.97 Å². The lowest BCUT2D eigenvalue weighted by Gasteiger charge is -2.09. The molecule has 15 heavy (non-hydrogen) atoms. The van der Waals surface area contributed by atoms with Gasteiger partial charge in [0.25, 0.3) is 6.43 Å². The first-order valence-electron chi connectivity index (χ1n) is 4.12. The minimum absolute atomic E-state index is 0.0193. The van der Waals surface area contributed by atoms with Crippen LogP contribution in [0.15, 0.2) is 6.20 Å². The van der Waals surface area contributed by atoms with Crippen molar-refractivity contribution in [3.05, 3.63) is 11.8 Å². The van der Waals surface area contributed by atoms with Gasteiger partial charge in [-0.05, 0) is 0 Å². The Balaban J connectivity index is 2.84. The molecule has 1 rings (SSSR count). The summed E-state index contributed by atoms with van der Waals surface area (Å²) >= 11 is 0. The van der Waals surface area contributed by atoms with E-state index >= 15 is 0 Å². The molecule has 2 N–H and O–H groups in total. The molecule has 1 aromatic heterocycles. The molecule has 0 saturated carbocycles. The van der Waals surface area contributed by atoms with Crippen LogP contribution in [0.5, 0.6) is 5.88 Å². The number of alkyl halides is 3. The smallest absolute Gasteiger partial charge is 0.269 e. The first kappa shape index (κ1) is 11.5. The van der Waals surface area contributed by atoms with Crippen LogP contribution in [0.4, 0.5) is 19.1 Å². The second kappa shape index (κ2) is 4.81. The van der Waals surface area contributed by atoms with Crippen molar-refractivity contribution in [1.29, 1.82) is 0 Å². The fourth-order valence-corrected chi connectivity index (χ4v) is 1.02. The lowest BCUT2D eigenvalue weighted by Crippen LogP contribution is -2.16. The fraction of sp³-hybridized carbons (Fsp3) is 0.500. The topological polar surface area (TPSA) is 61.0 Å². The Kier molecular flexibility index (Phi) is 3.70. The van der Waals surface area contributed by atoms with E-state index in [2.05, 4.69) is 9.97 Å². The first-order valence-corrected chi connectivity index (χ1v) is 4.12. The van der Waals surface area contributed by atoms with Crippen LogP contribution < -0.4 is 10.5 Å². The molecule has 0 aromatic carbocycles. The molecule has 0 spiro atoms. The zero-order valence-corrected chi connectivity index (χ0v) is 7.95. The fourth-order valence-electron chi connectivity index (χ4n) is 1.02. The quantitative estimate of drug-likeness (QED) is 0.830. The Morgan fingerprint density at radius 1 is 1.47 bits per heavy atom. The molecule has 0 aliphatic heterocycles. The van der Waals surface area contributed by atoms with E-state index in [1.165, 1.54) is 13.3 Å². The molecule has 0 fully saturated rings. The molecule has 0 bridgehead atoms. The molecule has 0 aliphatic rings. The number of nitrogen functional groups attached to an aromatic ring is 1. The van der Waals surface area contributed by atoms with Gasteiger partial charge in [-0.1, -0.05) is 0 Å². The highest BCUT2D eigenvalue weighted by Gasteiger charge is 2.22. The van der Waals surface area contributed by atoms with E-state index in [9.17, 15) is 13.2 Å². The Bertz CT molecular complexity index is 335. The highest BCUT2D eigenvalue weighted by atomic mass is 19.3. The molecule has 1 heterocycles. The van der Waals surface area contributed by atoms with Crippen LogP contribution in [0, 0.1) is 0 Å². The van der Waals surface area contributed by atoms with E-state index in [1.54, 1.807) is 0 Å². The van der Waals surface area contributed by atoms with E-state index in [1.807, 2.05) is 0 Å². The first-order chi connectivity index (χ1) is 7.04. The predicted octanol–water partition coefficient (Wildman–Crippen LogP) is 1.21. The summed E-state index contributed by atoms with van der Waals surface area (Å²) in [7, 11) is 1.29. The molecule has 0 saturated heterocycles. The number of rotatable bonds is 4. The van der Waals surface area contributed by atoms with Crippen LogP contribution in [0.1, 0.15) is 5.56 Å². The third-order valence-corrected chi connectivity index (χ3v) is 1.73. The normalized spacial score (nSPS) is 12.9. The average molecular weight is 221 g/mol. The summed E-state index contributed by atoms with van der Waals surface area (Å²) in [5, 5.41) is 0. The predicted molar refractivity (Wildman–Crippen MR) is 47.6 cm³/mol. The third-order valence-electron chi connectivity index (χ3n) is 1.73. The SMILES string of the molecule is COc1nc(N)ncc1CC(F)C(F)F. The Hall–Kier alpha value is -1.53. The van der Waals surface area contributed by atoms with Gasteiger partial charge in [0.1, 0.15) is 0 Å². The Morgan fingerprint density at radius 3 is 2.67 bits per heavy atom. The van der Waals surface area contributed by atoms with Gasteiger partial charge >= 0.3 is 0 Å². The third kappa shape index (κ3) is 2.97. The number of nitrogens with two attached hydrogens (primary N) is 1. The van der Waals surface area contributed by atoms with Crippen molar-refractivity contribution < 1.29 is 17.9 Å². The van der Waals surface area contributed by atoms with Gasteiger partial charge in [0, 0.05) is 18.2 Å². The molecule has 1 atom stereocenters. The molecule has 1 unspecified atom stereocenters. The summed E-state index contributed by atoms with van der Waals surface area (Å²) < 4.78 is 41.4. The number of halogens is 3. The summed E-state index contributed by atoms with van der Waals surface area (Å²) in [6.45, 7) is 0. The van der Waals surface area contributed by atoms with Crippen molar-refractivity contribution in [2.45, 2.75) is 19.0 Å². The summed E-state index contributed by atoms with van der Waals surface area (Å²) in [5.74, 6) is -0.0335. The summed E-state index contributed by atoms with van der Waals surface area (Å²) in [6.07, 6.45) is -4.62. The van der Waals surface area contributed by atoms with Gasteiger partial charge in [-0.3, -0.25) is 0 Å². The molecule has 0 radical (unpaired) electrons. The highest BCUT2D eigenvalue weighted by Crippen LogP contribution is 2.20. The number of methoxy groups -OCH3 is 1. The molecular formula is C8H10F3N3O. The van der Waals surface area contributed by atoms with Gasteiger partial charge in [-0.15, -0.1) is 0 Å². The van der Waals surface area contributed by atoms with Gasteiger partial charge in [0.05, 0.1) is 7.11 Å². The number of hydrogen-bond acceptors (Lipinski definition) is 4. The summed E-state index contributed by atoms with van der Waals surface area (Å²) in [4.78, 5) is 7.21. The van der Waals surface area contributed by atoms with Crippen LogP contribution in [-0.4, -0.2) is 29.7 Å². The molecule has 7 heteroatoms. The number of nitrogens with zero attached hydrogens (tertiary/aromatic N) is 2. The van der Waals surface area contributed by atoms with E-state index in [4.69, 9.17) is 10.5 Å². The van der Waals surface area contributed by atoms with Gasteiger partial charge in [0.2, 0.25) is 11.8 Å². The molecule has 1 aromatic rings. The average Bonchev–Trinajstić information content (AvgIpc) is 2.20. The van der Waals surface area contributed by atoms with Crippen LogP contribution in [0.2, 0.25) is 0 Å². The van der Waals surface area contributed by atoms with Crippen molar-refractivity contribution >= 4 is 5.95 Å². The molecule has 84 valence electrons. The van der Waals surface area contributed by atoms with E-state index < -0.39 is 19.0 Å². The molecule has 0 amide bonds. The molecular weight excluding hydrogens is 211 g/mol. The minimum Gasteiger partial charge on any atom is -0.481 e. The maximum Gasteiger partial charge on any atom is 0.269 e. The maximum atomic E-state index is 12.7.